The van der Waals surface area contributed by atoms with Gasteiger partial charge in [-0.1, -0.05) is 44.2 Å². The van der Waals surface area contributed by atoms with Crippen molar-refractivity contribution in [3.63, 3.8) is 0 Å². The zero-order valence-corrected chi connectivity index (χ0v) is 12.8. The van der Waals surface area contributed by atoms with E-state index in [0.29, 0.717) is 18.2 Å². The predicted molar refractivity (Wildman–Crippen MR) is 81.9 cm³/mol. The quantitative estimate of drug-likeness (QED) is 0.936. The minimum atomic E-state index is 0.525. The summed E-state index contributed by atoms with van der Waals surface area (Å²) in [5.74, 6) is 1.84. The molecule has 1 aromatic heterocycles. The van der Waals surface area contributed by atoms with Crippen LogP contribution in [0.15, 0.2) is 34.8 Å². The van der Waals surface area contributed by atoms with E-state index in [-0.39, 0.29) is 0 Å². The van der Waals surface area contributed by atoms with E-state index in [2.05, 4.69) is 51.9 Å². The van der Waals surface area contributed by atoms with Crippen molar-refractivity contribution in [1.82, 2.24) is 9.97 Å². The van der Waals surface area contributed by atoms with E-state index in [9.17, 15) is 0 Å². The first-order valence-electron chi connectivity index (χ1n) is 6.41. The second-order valence-electron chi connectivity index (χ2n) is 5.05. The van der Waals surface area contributed by atoms with Gasteiger partial charge in [0, 0.05) is 6.42 Å². The molecule has 100 valence electrons. The molecule has 3 nitrogen and oxygen atoms in total. The summed E-state index contributed by atoms with van der Waals surface area (Å²) < 4.78 is 0.831. The average molecular weight is 320 g/mol. The smallest absolute Gasteiger partial charge is 0.141 e. The summed E-state index contributed by atoms with van der Waals surface area (Å²) in [6.45, 7) is 4.34. The zero-order valence-electron chi connectivity index (χ0n) is 11.2. The molecule has 0 aliphatic carbocycles. The Bertz CT molecular complexity index is 553. The van der Waals surface area contributed by atoms with Crippen LogP contribution in [0.25, 0.3) is 0 Å². The van der Waals surface area contributed by atoms with Gasteiger partial charge in [-0.05, 0) is 33.8 Å². The molecule has 0 saturated heterocycles. The molecule has 1 aromatic carbocycles. The maximum Gasteiger partial charge on any atom is 0.141 e. The fourth-order valence-corrected chi connectivity index (χ4v) is 2.28. The number of halogens is 1. The molecule has 0 aliphatic heterocycles. The highest BCUT2D eigenvalue weighted by Crippen LogP contribution is 2.24. The van der Waals surface area contributed by atoms with Crippen LogP contribution < -0.4 is 5.73 Å². The van der Waals surface area contributed by atoms with E-state index in [4.69, 9.17) is 5.73 Å². The van der Waals surface area contributed by atoms with Gasteiger partial charge in [0.2, 0.25) is 0 Å². The van der Waals surface area contributed by atoms with Gasteiger partial charge < -0.3 is 5.73 Å². The SMILES string of the molecule is CC(C)Cc1nc(Cc2ccccc2)nc(N)c1Br. The summed E-state index contributed by atoms with van der Waals surface area (Å²) >= 11 is 3.48. The fourth-order valence-electron chi connectivity index (χ4n) is 1.95. The molecule has 0 amide bonds. The minimum Gasteiger partial charge on any atom is -0.383 e. The Labute approximate surface area is 122 Å². The molecule has 0 aliphatic rings. The number of benzene rings is 1. The molecule has 0 atom stereocenters. The lowest BCUT2D eigenvalue weighted by atomic mass is 10.1. The molecular weight excluding hydrogens is 302 g/mol. The van der Waals surface area contributed by atoms with E-state index in [1.807, 2.05) is 18.2 Å². The first kappa shape index (κ1) is 14.0. The van der Waals surface area contributed by atoms with Gasteiger partial charge in [0.25, 0.3) is 0 Å². The molecule has 0 radical (unpaired) electrons. The summed E-state index contributed by atoms with van der Waals surface area (Å²) in [6, 6.07) is 10.2. The molecule has 19 heavy (non-hydrogen) atoms. The van der Waals surface area contributed by atoms with Crippen LogP contribution >= 0.6 is 15.9 Å². The molecule has 0 fully saturated rings. The van der Waals surface area contributed by atoms with Crippen molar-refractivity contribution >= 4 is 21.7 Å². The Morgan fingerprint density at radius 3 is 2.47 bits per heavy atom. The Kier molecular flexibility index (Phi) is 4.53. The first-order valence-corrected chi connectivity index (χ1v) is 7.20. The number of anilines is 1. The zero-order chi connectivity index (χ0) is 13.8. The van der Waals surface area contributed by atoms with E-state index >= 15 is 0 Å². The third-order valence-corrected chi connectivity index (χ3v) is 3.66. The summed E-state index contributed by atoms with van der Waals surface area (Å²) in [5.41, 5.74) is 8.14. The predicted octanol–water partition coefficient (Wildman–Crippen LogP) is 3.61. The highest BCUT2D eigenvalue weighted by molar-refractivity contribution is 9.10. The van der Waals surface area contributed by atoms with Gasteiger partial charge >= 0.3 is 0 Å². The van der Waals surface area contributed by atoms with Crippen molar-refractivity contribution in [3.05, 3.63) is 51.9 Å². The molecule has 4 heteroatoms. The maximum atomic E-state index is 5.95. The second kappa shape index (κ2) is 6.15. The monoisotopic (exact) mass is 319 g/mol. The largest absolute Gasteiger partial charge is 0.383 e. The number of nitrogens with two attached hydrogens (primary N) is 1. The van der Waals surface area contributed by atoms with E-state index < -0.39 is 0 Å². The van der Waals surface area contributed by atoms with Gasteiger partial charge in [-0.15, -0.1) is 0 Å². The summed E-state index contributed by atoms with van der Waals surface area (Å²) in [4.78, 5) is 8.99. The number of hydrogen-bond acceptors (Lipinski definition) is 3. The first-order chi connectivity index (χ1) is 9.06. The molecule has 0 saturated carbocycles. The Morgan fingerprint density at radius 1 is 1.16 bits per heavy atom. The lowest BCUT2D eigenvalue weighted by molar-refractivity contribution is 0.629. The maximum absolute atomic E-state index is 5.95. The van der Waals surface area contributed by atoms with Gasteiger partial charge in [0.15, 0.2) is 0 Å². The lowest BCUT2D eigenvalue weighted by Crippen LogP contribution is -2.08. The van der Waals surface area contributed by atoms with Crippen LogP contribution in [0.1, 0.15) is 30.9 Å². The van der Waals surface area contributed by atoms with E-state index in [1.54, 1.807) is 0 Å². The van der Waals surface area contributed by atoms with Crippen molar-refractivity contribution in [1.29, 1.82) is 0 Å². The standard InChI is InChI=1S/C15H18BrN3/c1-10(2)8-12-14(16)15(17)19-13(18-12)9-11-6-4-3-5-7-11/h3-7,10H,8-9H2,1-2H3,(H2,17,18,19). The minimum absolute atomic E-state index is 0.525. The summed E-state index contributed by atoms with van der Waals surface area (Å²) in [5, 5.41) is 0. The summed E-state index contributed by atoms with van der Waals surface area (Å²) in [7, 11) is 0. The molecule has 2 rings (SSSR count). The van der Waals surface area contributed by atoms with Crippen LogP contribution in [0.2, 0.25) is 0 Å². The molecule has 1 heterocycles. The van der Waals surface area contributed by atoms with Crippen molar-refractivity contribution < 1.29 is 0 Å². The molecular formula is C15H18BrN3. The topological polar surface area (TPSA) is 51.8 Å². The van der Waals surface area contributed by atoms with Gasteiger partial charge in [0.1, 0.15) is 11.6 Å². The molecule has 0 unspecified atom stereocenters. The molecule has 0 bridgehead atoms. The van der Waals surface area contributed by atoms with E-state index in [0.717, 1.165) is 22.4 Å². The highest BCUT2D eigenvalue weighted by atomic mass is 79.9. The Hall–Kier alpha value is -1.42. The third kappa shape index (κ3) is 3.77. The van der Waals surface area contributed by atoms with Gasteiger partial charge in [-0.25, -0.2) is 9.97 Å². The van der Waals surface area contributed by atoms with Crippen LogP contribution in [-0.4, -0.2) is 9.97 Å². The van der Waals surface area contributed by atoms with Crippen LogP contribution in [0.3, 0.4) is 0 Å². The van der Waals surface area contributed by atoms with Crippen LogP contribution in [-0.2, 0) is 12.8 Å². The van der Waals surface area contributed by atoms with Crippen LogP contribution in [0, 0.1) is 5.92 Å². The lowest BCUT2D eigenvalue weighted by Gasteiger charge is -2.10. The number of aromatic nitrogens is 2. The van der Waals surface area contributed by atoms with Gasteiger partial charge in [-0.2, -0.15) is 0 Å². The van der Waals surface area contributed by atoms with Crippen molar-refractivity contribution in [2.45, 2.75) is 26.7 Å². The van der Waals surface area contributed by atoms with Gasteiger partial charge in [0.05, 0.1) is 10.2 Å². The molecule has 2 aromatic rings. The molecule has 2 N–H and O–H groups in total. The number of nitrogens with zero attached hydrogens (tertiary/aromatic N) is 2. The van der Waals surface area contributed by atoms with Gasteiger partial charge in [-0.3, -0.25) is 0 Å². The Morgan fingerprint density at radius 2 is 1.84 bits per heavy atom. The fraction of sp³-hybridized carbons (Fsp3) is 0.333. The number of nitrogen functional groups attached to an aromatic ring is 1. The second-order valence-corrected chi connectivity index (χ2v) is 5.84. The number of hydrogen-bond donors (Lipinski definition) is 1. The molecule has 0 spiro atoms. The van der Waals surface area contributed by atoms with Crippen molar-refractivity contribution in [3.8, 4) is 0 Å². The highest BCUT2D eigenvalue weighted by Gasteiger charge is 2.11. The normalized spacial score (nSPS) is 10.9. The van der Waals surface area contributed by atoms with Crippen molar-refractivity contribution in [2.75, 3.05) is 5.73 Å². The van der Waals surface area contributed by atoms with Crippen molar-refractivity contribution in [2.24, 2.45) is 5.92 Å². The van der Waals surface area contributed by atoms with Crippen LogP contribution in [0.4, 0.5) is 5.82 Å². The third-order valence-electron chi connectivity index (χ3n) is 2.80. The van der Waals surface area contributed by atoms with Crippen LogP contribution in [0.5, 0.6) is 0 Å². The Balaban J connectivity index is 2.29. The summed E-state index contributed by atoms with van der Waals surface area (Å²) in [6.07, 6.45) is 1.61. The average Bonchev–Trinajstić information content (AvgIpc) is 2.36. The number of rotatable bonds is 4. The van der Waals surface area contributed by atoms with E-state index in [1.165, 1.54) is 5.56 Å².